The number of nitrogens with zero attached hydrogens (tertiary/aromatic N) is 1. The first kappa shape index (κ1) is 39.8. The molecule has 3 heteroatoms. The molecule has 0 amide bonds. The van der Waals surface area contributed by atoms with Gasteiger partial charge in [-0.3, -0.25) is 0 Å². The van der Waals surface area contributed by atoms with Crippen LogP contribution in [0.5, 0.6) is 23.0 Å². The van der Waals surface area contributed by atoms with Gasteiger partial charge in [0.1, 0.15) is 23.0 Å². The van der Waals surface area contributed by atoms with Crippen LogP contribution in [0.15, 0.2) is 261 Å². The highest BCUT2D eigenvalue weighted by Gasteiger charge is 2.53. The molecule has 0 atom stereocenters. The van der Waals surface area contributed by atoms with E-state index in [9.17, 15) is 0 Å². The lowest BCUT2D eigenvalue weighted by atomic mass is 9.66. The number of hydrogen-bond acceptors (Lipinski definition) is 3. The summed E-state index contributed by atoms with van der Waals surface area (Å²) in [4.78, 5) is 2.45. The first-order valence-electron chi connectivity index (χ1n) is 24.5. The Morgan fingerprint density at radius 1 is 0.254 bits per heavy atom. The molecule has 0 radical (unpaired) electrons. The van der Waals surface area contributed by atoms with E-state index in [1.54, 1.807) is 0 Å². The molecule has 11 aromatic carbocycles. The maximum Gasteiger partial charge on any atom is 0.132 e. The first-order valence-corrected chi connectivity index (χ1v) is 24.5. The summed E-state index contributed by atoms with van der Waals surface area (Å²) in [5, 5.41) is 0. The zero-order valence-electron chi connectivity index (χ0n) is 38.6. The molecule has 0 aromatic heterocycles. The lowest BCUT2D eigenvalue weighted by molar-refractivity contribution is 0.436. The molecule has 2 heterocycles. The summed E-state index contributed by atoms with van der Waals surface area (Å²) in [6.07, 6.45) is 0. The highest BCUT2D eigenvalue weighted by molar-refractivity contribution is 5.98. The fraction of sp³-hybridized carbons (Fsp3) is 0.0294. The minimum absolute atomic E-state index is 0.540. The van der Waals surface area contributed by atoms with E-state index in [0.29, 0.717) is 0 Å². The number of fused-ring (bicyclic) bond motifs is 18. The van der Waals surface area contributed by atoms with Gasteiger partial charge in [-0.05, 0) is 116 Å². The molecule has 0 saturated heterocycles. The van der Waals surface area contributed by atoms with Crippen molar-refractivity contribution in [3.05, 3.63) is 305 Å². The Hall–Kier alpha value is -9.18. The van der Waals surface area contributed by atoms with Gasteiger partial charge in [-0.2, -0.15) is 0 Å². The van der Waals surface area contributed by atoms with E-state index in [1.165, 1.54) is 50.1 Å². The second kappa shape index (κ2) is 15.2. The second-order valence-electron chi connectivity index (χ2n) is 19.0. The van der Waals surface area contributed by atoms with E-state index in [1.807, 2.05) is 0 Å². The van der Waals surface area contributed by atoms with Crippen molar-refractivity contribution in [1.82, 2.24) is 0 Å². The van der Waals surface area contributed by atoms with Crippen LogP contribution in [0.3, 0.4) is 0 Å². The second-order valence-corrected chi connectivity index (χ2v) is 19.0. The van der Waals surface area contributed by atoms with Crippen LogP contribution >= 0.6 is 0 Å². The van der Waals surface area contributed by atoms with Gasteiger partial charge in [0.25, 0.3) is 0 Å². The summed E-state index contributed by atoms with van der Waals surface area (Å²) in [6.45, 7) is 0. The Bertz CT molecular complexity index is 3870. The Labute approximate surface area is 413 Å². The van der Waals surface area contributed by atoms with Gasteiger partial charge in [0, 0.05) is 39.2 Å². The van der Waals surface area contributed by atoms with Crippen LogP contribution < -0.4 is 14.4 Å². The number of para-hydroxylation sites is 5. The first-order chi connectivity index (χ1) is 35.2. The third kappa shape index (κ3) is 5.43. The maximum absolute atomic E-state index is 6.72. The predicted molar refractivity (Wildman–Crippen MR) is 287 cm³/mol. The van der Waals surface area contributed by atoms with E-state index in [2.05, 4.69) is 266 Å². The number of ether oxygens (including phenoxy) is 2. The molecule has 11 aromatic rings. The summed E-state index contributed by atoms with van der Waals surface area (Å²) in [6, 6.07) is 95.1. The summed E-state index contributed by atoms with van der Waals surface area (Å²) in [7, 11) is 0. The Kier molecular flexibility index (Phi) is 8.49. The molecular weight excluding hydrogens is 863 g/mol. The van der Waals surface area contributed by atoms with Crippen molar-refractivity contribution in [1.29, 1.82) is 0 Å². The van der Waals surface area contributed by atoms with Crippen LogP contribution in [0.4, 0.5) is 17.1 Å². The Balaban J connectivity index is 0.938. The van der Waals surface area contributed by atoms with Crippen LogP contribution in [-0.4, -0.2) is 0 Å². The van der Waals surface area contributed by atoms with Crippen molar-refractivity contribution in [2.75, 3.05) is 4.90 Å². The molecule has 0 unspecified atom stereocenters. The Morgan fingerprint density at radius 3 is 1.27 bits per heavy atom. The lowest BCUT2D eigenvalue weighted by Gasteiger charge is -2.39. The van der Waals surface area contributed by atoms with Crippen molar-refractivity contribution in [3.8, 4) is 67.5 Å². The highest BCUT2D eigenvalue weighted by Crippen LogP contribution is 2.65. The largest absolute Gasteiger partial charge is 0.457 e. The monoisotopic (exact) mass is 905 g/mol. The van der Waals surface area contributed by atoms with Crippen molar-refractivity contribution in [2.45, 2.75) is 10.8 Å². The number of benzene rings is 11. The van der Waals surface area contributed by atoms with Crippen molar-refractivity contribution in [2.24, 2.45) is 0 Å². The quantitative estimate of drug-likeness (QED) is 0.172. The van der Waals surface area contributed by atoms with E-state index in [0.717, 1.165) is 79.0 Å². The van der Waals surface area contributed by atoms with E-state index >= 15 is 0 Å². The average Bonchev–Trinajstić information content (AvgIpc) is 3.90. The van der Waals surface area contributed by atoms with E-state index in [4.69, 9.17) is 9.47 Å². The van der Waals surface area contributed by atoms with Crippen LogP contribution in [0.25, 0.3) is 44.5 Å². The van der Waals surface area contributed by atoms with Gasteiger partial charge >= 0.3 is 0 Å². The van der Waals surface area contributed by atoms with Gasteiger partial charge in [-0.15, -0.1) is 0 Å². The number of anilines is 3. The smallest absolute Gasteiger partial charge is 0.132 e. The standard InChI is InChI=1S/C68H43NO2/c1-2-19-44(20-3-1)48-21-6-13-32-61(48)69(47-41-42-51-50-22-4-7-25-53(50)68(60(51)43-47)57-29-11-16-35-64(57)71-65-36-17-12-30-58(65)68)46-39-37-45(38-40-46)49-24-18-31-59-66(49)52-23-5-8-26-54(52)67(59)55-27-9-14-33-62(55)70-63-34-15-10-28-56(63)67/h1-43H. The molecule has 2 spiro atoms. The van der Waals surface area contributed by atoms with Gasteiger partial charge in [0.15, 0.2) is 0 Å². The minimum Gasteiger partial charge on any atom is -0.457 e. The van der Waals surface area contributed by atoms with Crippen LogP contribution in [0, 0.1) is 0 Å². The fourth-order valence-electron chi connectivity index (χ4n) is 12.9. The van der Waals surface area contributed by atoms with Gasteiger partial charge in [-0.1, -0.05) is 206 Å². The van der Waals surface area contributed by atoms with Crippen molar-refractivity contribution >= 4 is 17.1 Å². The molecule has 0 N–H and O–H groups in total. The molecule has 15 rings (SSSR count). The summed E-state index contributed by atoms with van der Waals surface area (Å²) in [5.41, 5.74) is 21.4. The normalized spacial score (nSPS) is 14.1. The molecular formula is C68H43NO2. The van der Waals surface area contributed by atoms with Crippen LogP contribution in [0.2, 0.25) is 0 Å². The summed E-state index contributed by atoms with van der Waals surface area (Å²) < 4.78 is 13.4. The molecule has 2 aliphatic carbocycles. The van der Waals surface area contributed by atoms with E-state index in [-0.39, 0.29) is 0 Å². The van der Waals surface area contributed by atoms with Gasteiger partial charge < -0.3 is 14.4 Å². The SMILES string of the molecule is c1ccc(-c2ccccc2N(c2ccc(-c3cccc4c3-c3ccccc3C43c4ccccc4Oc4ccccc43)cc2)c2ccc3c(c2)C2(c4ccccc4Oc4ccccc42)c2ccccc2-3)cc1. The summed E-state index contributed by atoms with van der Waals surface area (Å²) >= 11 is 0. The average molecular weight is 906 g/mol. The highest BCUT2D eigenvalue weighted by atomic mass is 16.5. The van der Waals surface area contributed by atoms with Gasteiger partial charge in [-0.25, -0.2) is 0 Å². The van der Waals surface area contributed by atoms with Crippen LogP contribution in [0.1, 0.15) is 44.5 Å². The molecule has 0 saturated carbocycles. The molecule has 0 bridgehead atoms. The molecule has 332 valence electrons. The zero-order chi connectivity index (χ0) is 46.7. The zero-order valence-corrected chi connectivity index (χ0v) is 38.6. The molecule has 3 nitrogen and oxygen atoms in total. The lowest BCUT2D eigenvalue weighted by Crippen LogP contribution is -2.32. The number of hydrogen-bond donors (Lipinski definition) is 0. The van der Waals surface area contributed by atoms with Crippen molar-refractivity contribution in [3.63, 3.8) is 0 Å². The van der Waals surface area contributed by atoms with Crippen LogP contribution in [-0.2, 0) is 10.8 Å². The van der Waals surface area contributed by atoms with Gasteiger partial charge in [0.2, 0.25) is 0 Å². The molecule has 71 heavy (non-hydrogen) atoms. The molecule has 4 aliphatic rings. The van der Waals surface area contributed by atoms with E-state index < -0.39 is 10.8 Å². The molecule has 2 aliphatic heterocycles. The topological polar surface area (TPSA) is 21.7 Å². The third-order valence-corrected chi connectivity index (χ3v) is 15.6. The number of rotatable bonds is 5. The van der Waals surface area contributed by atoms with Gasteiger partial charge in [0.05, 0.1) is 16.5 Å². The fourth-order valence-corrected chi connectivity index (χ4v) is 12.9. The molecule has 0 fully saturated rings. The predicted octanol–water partition coefficient (Wildman–Crippen LogP) is 17.4. The maximum atomic E-state index is 6.72. The summed E-state index contributed by atoms with van der Waals surface area (Å²) in [5.74, 6) is 3.55. The Morgan fingerprint density at radius 2 is 0.662 bits per heavy atom. The third-order valence-electron chi connectivity index (χ3n) is 15.6. The van der Waals surface area contributed by atoms with Crippen molar-refractivity contribution < 1.29 is 9.47 Å². The minimum atomic E-state index is -0.603.